The number of aryl methyl sites for hydroxylation is 1. The van der Waals surface area contributed by atoms with E-state index in [-0.39, 0.29) is 28.2 Å². The Morgan fingerprint density at radius 2 is 2.05 bits per heavy atom. The van der Waals surface area contributed by atoms with Gasteiger partial charge in [0.25, 0.3) is 5.88 Å². The van der Waals surface area contributed by atoms with Crippen molar-refractivity contribution in [3.05, 3.63) is 43.8 Å². The van der Waals surface area contributed by atoms with E-state index < -0.39 is 4.92 Å². The van der Waals surface area contributed by atoms with Gasteiger partial charge in [-0.2, -0.15) is 4.98 Å². The van der Waals surface area contributed by atoms with Gasteiger partial charge >= 0.3 is 5.69 Å². The summed E-state index contributed by atoms with van der Waals surface area (Å²) < 4.78 is 11.2. The number of nitro groups is 1. The second kappa shape index (κ2) is 6.23. The molecule has 1 heterocycles. The molecule has 0 atom stereocenters. The van der Waals surface area contributed by atoms with Crippen molar-refractivity contribution in [2.75, 3.05) is 7.11 Å². The molecule has 0 amide bonds. The third kappa shape index (κ3) is 3.22. The minimum absolute atomic E-state index is 0.00558. The number of hydrogen-bond donors (Lipinski definition) is 0. The molecule has 0 fully saturated rings. The Labute approximate surface area is 133 Å². The summed E-state index contributed by atoms with van der Waals surface area (Å²) in [6.07, 6.45) is 1.18. The van der Waals surface area contributed by atoms with Crippen LogP contribution in [0.5, 0.6) is 17.4 Å². The predicted molar refractivity (Wildman–Crippen MR) is 79.2 cm³/mol. The number of aromatic nitrogens is 2. The van der Waals surface area contributed by atoms with Crippen LogP contribution in [0.1, 0.15) is 5.56 Å². The van der Waals surface area contributed by atoms with Crippen molar-refractivity contribution in [2.45, 2.75) is 6.92 Å². The van der Waals surface area contributed by atoms with Crippen LogP contribution >= 0.6 is 27.5 Å². The quantitative estimate of drug-likeness (QED) is 0.458. The van der Waals surface area contributed by atoms with Gasteiger partial charge in [0.2, 0.25) is 11.5 Å². The van der Waals surface area contributed by atoms with Gasteiger partial charge in [-0.05, 0) is 13.0 Å². The first kappa shape index (κ1) is 15.5. The van der Waals surface area contributed by atoms with Crippen LogP contribution in [0.2, 0.25) is 5.15 Å². The Kier molecular flexibility index (Phi) is 4.59. The van der Waals surface area contributed by atoms with Gasteiger partial charge < -0.3 is 9.47 Å². The Morgan fingerprint density at radius 3 is 2.67 bits per heavy atom. The maximum atomic E-state index is 11.2. The smallest absolute Gasteiger partial charge is 0.313 e. The van der Waals surface area contributed by atoms with Crippen LogP contribution in [0, 0.1) is 17.0 Å². The normalized spacial score (nSPS) is 10.3. The Hall–Kier alpha value is -1.93. The van der Waals surface area contributed by atoms with Crippen LogP contribution < -0.4 is 9.47 Å². The van der Waals surface area contributed by atoms with E-state index in [0.717, 1.165) is 0 Å². The maximum absolute atomic E-state index is 11.2. The Bertz CT molecular complexity index is 711. The zero-order chi connectivity index (χ0) is 15.6. The maximum Gasteiger partial charge on any atom is 0.313 e. The molecule has 0 N–H and O–H groups in total. The number of nitro benzene ring substituents is 1. The molecule has 1 aromatic heterocycles. The topological polar surface area (TPSA) is 87.4 Å². The summed E-state index contributed by atoms with van der Waals surface area (Å²) in [6, 6.07) is 3.04. The summed E-state index contributed by atoms with van der Waals surface area (Å²) in [5.41, 5.74) is 0.367. The summed E-state index contributed by atoms with van der Waals surface area (Å²) in [7, 11) is 1.38. The lowest BCUT2D eigenvalue weighted by Crippen LogP contribution is -2.00. The van der Waals surface area contributed by atoms with Crippen molar-refractivity contribution in [3.8, 4) is 17.4 Å². The molecule has 0 bridgehead atoms. The van der Waals surface area contributed by atoms with Crippen LogP contribution in [0.25, 0.3) is 0 Å². The van der Waals surface area contributed by atoms with Gasteiger partial charge in [-0.15, -0.1) is 0 Å². The zero-order valence-corrected chi connectivity index (χ0v) is 13.3. The molecule has 0 radical (unpaired) electrons. The predicted octanol–water partition coefficient (Wildman–Crippen LogP) is 3.91. The summed E-state index contributed by atoms with van der Waals surface area (Å²) in [6.45, 7) is 1.68. The molecular weight excluding hydrogens is 366 g/mol. The molecule has 21 heavy (non-hydrogen) atoms. The van der Waals surface area contributed by atoms with Gasteiger partial charge in [0.05, 0.1) is 12.0 Å². The second-order valence-corrected chi connectivity index (χ2v) is 5.21. The van der Waals surface area contributed by atoms with Gasteiger partial charge in [-0.25, -0.2) is 4.98 Å². The van der Waals surface area contributed by atoms with E-state index >= 15 is 0 Å². The molecule has 9 heteroatoms. The minimum Gasteiger partial charge on any atom is -0.489 e. The van der Waals surface area contributed by atoms with Crippen molar-refractivity contribution in [1.82, 2.24) is 9.97 Å². The second-order valence-electron chi connectivity index (χ2n) is 3.93. The van der Waals surface area contributed by atoms with Gasteiger partial charge in [0.1, 0.15) is 6.33 Å². The molecule has 2 rings (SSSR count). The van der Waals surface area contributed by atoms with Crippen LogP contribution in [-0.2, 0) is 0 Å². The number of ether oxygens (including phenoxy) is 2. The minimum atomic E-state index is -0.539. The van der Waals surface area contributed by atoms with E-state index in [9.17, 15) is 10.1 Å². The van der Waals surface area contributed by atoms with Crippen molar-refractivity contribution < 1.29 is 14.4 Å². The standard InChI is InChI=1S/C12H9BrClN3O4/c1-6-3-7(13)4-8(17(18)19)9(6)21-12-10(20-2)11(14)15-5-16-12/h3-5H,1-2H3. The van der Waals surface area contributed by atoms with Crippen LogP contribution in [-0.4, -0.2) is 22.0 Å². The molecule has 1 aromatic carbocycles. The molecule has 2 aromatic rings. The molecule has 110 valence electrons. The highest BCUT2D eigenvalue weighted by molar-refractivity contribution is 9.10. The fraction of sp³-hybridized carbons (Fsp3) is 0.167. The zero-order valence-electron chi connectivity index (χ0n) is 11.0. The lowest BCUT2D eigenvalue weighted by molar-refractivity contribution is -0.385. The summed E-state index contributed by atoms with van der Waals surface area (Å²) >= 11 is 9.07. The third-order valence-electron chi connectivity index (χ3n) is 2.55. The number of rotatable bonds is 4. The molecule has 0 aliphatic heterocycles. The highest BCUT2D eigenvalue weighted by Crippen LogP contribution is 2.40. The number of hydrogen-bond acceptors (Lipinski definition) is 6. The van der Waals surface area contributed by atoms with Gasteiger partial charge in [-0.1, -0.05) is 27.5 Å². The average molecular weight is 375 g/mol. The molecular formula is C12H9BrClN3O4. The number of halogens is 2. The fourth-order valence-corrected chi connectivity index (χ4v) is 2.42. The van der Waals surface area contributed by atoms with Crippen LogP contribution in [0.4, 0.5) is 5.69 Å². The van der Waals surface area contributed by atoms with Gasteiger partial charge in [0.15, 0.2) is 5.15 Å². The highest BCUT2D eigenvalue weighted by atomic mass is 79.9. The number of benzene rings is 1. The summed E-state index contributed by atoms with van der Waals surface area (Å²) in [5, 5.41) is 11.2. The van der Waals surface area contributed by atoms with E-state index in [1.807, 2.05) is 0 Å². The SMILES string of the molecule is COc1c(Cl)ncnc1Oc1c(C)cc(Br)cc1[N+](=O)[O-]. The van der Waals surface area contributed by atoms with E-state index in [1.165, 1.54) is 19.5 Å². The average Bonchev–Trinajstić information content (AvgIpc) is 2.41. The Morgan fingerprint density at radius 1 is 1.33 bits per heavy atom. The molecule has 0 saturated carbocycles. The first-order valence-corrected chi connectivity index (χ1v) is 6.78. The van der Waals surface area contributed by atoms with Crippen molar-refractivity contribution in [1.29, 1.82) is 0 Å². The van der Waals surface area contributed by atoms with Gasteiger partial charge in [-0.3, -0.25) is 10.1 Å². The third-order valence-corrected chi connectivity index (χ3v) is 3.27. The van der Waals surface area contributed by atoms with Crippen molar-refractivity contribution >= 4 is 33.2 Å². The monoisotopic (exact) mass is 373 g/mol. The lowest BCUT2D eigenvalue weighted by Gasteiger charge is -2.11. The Balaban J connectivity index is 2.54. The summed E-state index contributed by atoms with van der Waals surface area (Å²) in [4.78, 5) is 18.3. The van der Waals surface area contributed by atoms with Crippen molar-refractivity contribution in [2.24, 2.45) is 0 Å². The molecule has 0 spiro atoms. The molecule has 0 aliphatic carbocycles. The van der Waals surface area contributed by atoms with Crippen LogP contribution in [0.15, 0.2) is 22.9 Å². The van der Waals surface area contributed by atoms with E-state index in [2.05, 4.69) is 25.9 Å². The lowest BCUT2D eigenvalue weighted by atomic mass is 10.2. The molecule has 7 nitrogen and oxygen atoms in total. The van der Waals surface area contributed by atoms with Gasteiger partial charge in [0, 0.05) is 16.1 Å². The molecule has 0 aliphatic rings. The molecule has 0 saturated heterocycles. The summed E-state index contributed by atoms with van der Waals surface area (Å²) in [5.74, 6) is 0.179. The molecule has 0 unspecified atom stereocenters. The van der Waals surface area contributed by atoms with Crippen LogP contribution in [0.3, 0.4) is 0 Å². The highest BCUT2D eigenvalue weighted by Gasteiger charge is 2.22. The number of methoxy groups -OCH3 is 1. The first-order valence-electron chi connectivity index (χ1n) is 5.61. The number of nitrogens with zero attached hydrogens (tertiary/aromatic N) is 3. The van der Waals surface area contributed by atoms with E-state index in [4.69, 9.17) is 21.1 Å². The van der Waals surface area contributed by atoms with E-state index in [0.29, 0.717) is 10.0 Å². The van der Waals surface area contributed by atoms with Crippen molar-refractivity contribution in [3.63, 3.8) is 0 Å². The first-order chi connectivity index (χ1) is 9.93. The fourth-order valence-electron chi connectivity index (χ4n) is 1.66. The largest absolute Gasteiger partial charge is 0.489 e. The van der Waals surface area contributed by atoms with E-state index in [1.54, 1.807) is 13.0 Å².